The van der Waals surface area contributed by atoms with Crippen LogP contribution in [0.2, 0.25) is 0 Å². The van der Waals surface area contributed by atoms with Crippen LogP contribution in [0.1, 0.15) is 18.4 Å². The Morgan fingerprint density at radius 3 is 3.12 bits per heavy atom. The zero-order valence-electron chi connectivity index (χ0n) is 14.9. The summed E-state index contributed by atoms with van der Waals surface area (Å²) in [6.07, 6.45) is 5.96. The van der Waals surface area contributed by atoms with Gasteiger partial charge in [-0.2, -0.15) is 5.10 Å². The van der Waals surface area contributed by atoms with Crippen molar-refractivity contribution in [3.63, 3.8) is 0 Å². The maximum Gasteiger partial charge on any atom is 0.0651 e. The summed E-state index contributed by atoms with van der Waals surface area (Å²) in [4.78, 5) is 3.39. The molecule has 2 unspecified atom stereocenters. The molecule has 0 amide bonds. The Morgan fingerprint density at radius 2 is 2.23 bits per heavy atom. The van der Waals surface area contributed by atoms with Gasteiger partial charge in [0.15, 0.2) is 0 Å². The van der Waals surface area contributed by atoms with Crippen LogP contribution in [-0.2, 0) is 17.3 Å². The van der Waals surface area contributed by atoms with Crippen molar-refractivity contribution < 1.29 is 4.21 Å². The second-order valence-corrected chi connectivity index (χ2v) is 8.37. The van der Waals surface area contributed by atoms with Gasteiger partial charge in [-0.25, -0.2) is 0 Å². The SMILES string of the molecule is CS(=O)c1cccc(CN2CCCC(Nc3ccc4[nH]ncc4c3)C2)c1. The lowest BCUT2D eigenvalue weighted by Crippen LogP contribution is -2.41. The van der Waals surface area contributed by atoms with Gasteiger partial charge in [0.05, 0.1) is 11.7 Å². The Balaban J connectivity index is 1.40. The van der Waals surface area contributed by atoms with Crippen molar-refractivity contribution in [3.05, 3.63) is 54.2 Å². The molecule has 1 saturated heterocycles. The first-order valence-electron chi connectivity index (χ1n) is 9.02. The lowest BCUT2D eigenvalue weighted by molar-refractivity contribution is 0.208. The number of fused-ring (bicyclic) bond motifs is 1. The smallest absolute Gasteiger partial charge is 0.0651 e. The van der Waals surface area contributed by atoms with Crippen molar-refractivity contribution in [2.24, 2.45) is 0 Å². The van der Waals surface area contributed by atoms with Crippen LogP contribution in [0.3, 0.4) is 0 Å². The third-order valence-electron chi connectivity index (χ3n) is 4.95. The fraction of sp³-hybridized carbons (Fsp3) is 0.350. The third kappa shape index (κ3) is 3.97. The molecular formula is C20H24N4OS. The van der Waals surface area contributed by atoms with Crippen molar-refractivity contribution >= 4 is 27.4 Å². The molecule has 0 radical (unpaired) electrons. The van der Waals surface area contributed by atoms with E-state index >= 15 is 0 Å². The number of aromatic nitrogens is 2. The number of hydrogen-bond acceptors (Lipinski definition) is 4. The molecule has 136 valence electrons. The van der Waals surface area contributed by atoms with E-state index in [-0.39, 0.29) is 0 Å². The van der Waals surface area contributed by atoms with Gasteiger partial charge in [0.1, 0.15) is 0 Å². The molecule has 2 atom stereocenters. The van der Waals surface area contributed by atoms with Crippen LogP contribution >= 0.6 is 0 Å². The molecule has 1 fully saturated rings. The van der Waals surface area contributed by atoms with E-state index in [1.165, 1.54) is 18.4 Å². The van der Waals surface area contributed by atoms with Crippen LogP contribution in [0.4, 0.5) is 5.69 Å². The number of hydrogen-bond donors (Lipinski definition) is 2. The van der Waals surface area contributed by atoms with Crippen molar-refractivity contribution in [3.8, 4) is 0 Å². The first-order chi connectivity index (χ1) is 12.7. The Bertz CT molecular complexity index is 923. The molecule has 1 aromatic heterocycles. The zero-order valence-corrected chi connectivity index (χ0v) is 15.8. The minimum Gasteiger partial charge on any atom is -0.381 e. The van der Waals surface area contributed by atoms with E-state index in [4.69, 9.17) is 0 Å². The quantitative estimate of drug-likeness (QED) is 0.725. The highest BCUT2D eigenvalue weighted by atomic mass is 32.2. The van der Waals surface area contributed by atoms with Gasteiger partial charge in [-0.3, -0.25) is 14.2 Å². The van der Waals surface area contributed by atoms with Crippen LogP contribution < -0.4 is 5.32 Å². The van der Waals surface area contributed by atoms with Crippen molar-refractivity contribution in [2.45, 2.75) is 30.3 Å². The Hall–Kier alpha value is -2.18. The van der Waals surface area contributed by atoms with Gasteiger partial charge in [-0.1, -0.05) is 12.1 Å². The highest BCUT2D eigenvalue weighted by Gasteiger charge is 2.20. The number of nitrogens with one attached hydrogen (secondary N) is 2. The van der Waals surface area contributed by atoms with Crippen LogP contribution in [0.5, 0.6) is 0 Å². The number of H-pyrrole nitrogens is 1. The summed E-state index contributed by atoms with van der Waals surface area (Å²) in [5, 5.41) is 11.9. The lowest BCUT2D eigenvalue weighted by Gasteiger charge is -2.33. The molecular weight excluding hydrogens is 344 g/mol. The topological polar surface area (TPSA) is 61.0 Å². The Labute approximate surface area is 156 Å². The predicted octanol–water partition coefficient (Wildman–Crippen LogP) is 3.38. The summed E-state index contributed by atoms with van der Waals surface area (Å²) in [6.45, 7) is 3.03. The molecule has 4 rings (SSSR count). The van der Waals surface area contributed by atoms with Crippen LogP contribution in [0, 0.1) is 0 Å². The molecule has 0 saturated carbocycles. The highest BCUT2D eigenvalue weighted by Crippen LogP contribution is 2.21. The molecule has 0 bridgehead atoms. The van der Waals surface area contributed by atoms with Gasteiger partial charge in [-0.15, -0.1) is 0 Å². The fourth-order valence-electron chi connectivity index (χ4n) is 3.67. The molecule has 26 heavy (non-hydrogen) atoms. The summed E-state index contributed by atoms with van der Waals surface area (Å²) < 4.78 is 11.7. The van der Waals surface area contributed by atoms with E-state index in [1.54, 1.807) is 6.26 Å². The normalized spacial score (nSPS) is 19.5. The molecule has 6 heteroatoms. The molecule has 0 aliphatic carbocycles. The number of anilines is 1. The van der Waals surface area contributed by atoms with E-state index in [1.807, 2.05) is 18.3 Å². The number of piperidine rings is 1. The first kappa shape index (κ1) is 17.2. The van der Waals surface area contributed by atoms with E-state index in [9.17, 15) is 4.21 Å². The maximum atomic E-state index is 11.7. The minimum absolute atomic E-state index is 0.441. The minimum atomic E-state index is -0.926. The summed E-state index contributed by atoms with van der Waals surface area (Å²) >= 11 is 0. The molecule has 2 heterocycles. The van der Waals surface area contributed by atoms with Gasteiger partial charge in [-0.05, 0) is 55.3 Å². The van der Waals surface area contributed by atoms with E-state index in [0.717, 1.165) is 41.1 Å². The summed E-state index contributed by atoms with van der Waals surface area (Å²) in [5.41, 5.74) is 3.45. The number of aromatic amines is 1. The molecule has 0 spiro atoms. The van der Waals surface area contributed by atoms with Gasteiger partial charge in [0.25, 0.3) is 0 Å². The van der Waals surface area contributed by atoms with E-state index in [2.05, 4.69) is 50.7 Å². The summed E-state index contributed by atoms with van der Waals surface area (Å²) in [7, 11) is -0.926. The Kier molecular flexibility index (Phi) is 5.04. The Morgan fingerprint density at radius 1 is 1.31 bits per heavy atom. The molecule has 1 aliphatic rings. The van der Waals surface area contributed by atoms with Crippen molar-refractivity contribution in [2.75, 3.05) is 24.7 Å². The first-order valence-corrected chi connectivity index (χ1v) is 10.6. The zero-order chi connectivity index (χ0) is 17.9. The van der Waals surface area contributed by atoms with Gasteiger partial charge in [0, 0.05) is 52.2 Å². The molecule has 1 aliphatic heterocycles. The number of nitrogens with zero attached hydrogens (tertiary/aromatic N) is 2. The van der Waals surface area contributed by atoms with E-state index < -0.39 is 10.8 Å². The molecule has 3 aromatic rings. The monoisotopic (exact) mass is 368 g/mol. The van der Waals surface area contributed by atoms with Crippen LogP contribution in [0.25, 0.3) is 10.9 Å². The molecule has 2 N–H and O–H groups in total. The average Bonchev–Trinajstić information content (AvgIpc) is 3.10. The second kappa shape index (κ2) is 7.60. The van der Waals surface area contributed by atoms with Crippen molar-refractivity contribution in [1.82, 2.24) is 15.1 Å². The largest absolute Gasteiger partial charge is 0.381 e. The molecule has 2 aromatic carbocycles. The summed E-state index contributed by atoms with van der Waals surface area (Å²) in [6, 6.07) is 14.9. The van der Waals surface area contributed by atoms with Gasteiger partial charge >= 0.3 is 0 Å². The summed E-state index contributed by atoms with van der Waals surface area (Å²) in [5.74, 6) is 0. The second-order valence-electron chi connectivity index (χ2n) is 6.99. The van der Waals surface area contributed by atoms with E-state index in [0.29, 0.717) is 6.04 Å². The lowest BCUT2D eigenvalue weighted by atomic mass is 10.0. The fourth-order valence-corrected chi connectivity index (χ4v) is 4.25. The number of benzene rings is 2. The maximum absolute atomic E-state index is 11.7. The van der Waals surface area contributed by atoms with Gasteiger partial charge in [0.2, 0.25) is 0 Å². The highest BCUT2D eigenvalue weighted by molar-refractivity contribution is 7.84. The average molecular weight is 369 g/mol. The standard InChI is InChI=1S/C20H24N4OS/c1-26(25)19-6-2-4-15(10-19)13-24-9-3-5-18(14-24)22-17-7-8-20-16(11-17)12-21-23-20/h2,4,6-8,10-12,18,22H,3,5,9,13-14H2,1H3,(H,21,23). The number of likely N-dealkylation sites (tertiary alicyclic amines) is 1. The van der Waals surface area contributed by atoms with Crippen LogP contribution in [-0.4, -0.2) is 44.7 Å². The molecule has 5 nitrogen and oxygen atoms in total. The number of rotatable bonds is 5. The van der Waals surface area contributed by atoms with Gasteiger partial charge < -0.3 is 5.32 Å². The third-order valence-corrected chi connectivity index (χ3v) is 5.87. The van der Waals surface area contributed by atoms with Crippen LogP contribution in [0.15, 0.2) is 53.6 Å². The van der Waals surface area contributed by atoms with Crippen molar-refractivity contribution in [1.29, 1.82) is 0 Å². The predicted molar refractivity (Wildman–Crippen MR) is 107 cm³/mol.